The molecule has 4 heterocycles. The molecule has 0 aliphatic rings. The summed E-state index contributed by atoms with van der Waals surface area (Å²) in [6, 6.07) is 4.85. The van der Waals surface area contributed by atoms with Crippen LogP contribution in [0.3, 0.4) is 0 Å². The molecule has 0 spiro atoms. The lowest BCUT2D eigenvalue weighted by molar-refractivity contribution is -0.141. The molecule has 4 aromatic heterocycles. The molecule has 0 bridgehead atoms. The van der Waals surface area contributed by atoms with Crippen molar-refractivity contribution in [2.75, 3.05) is 5.32 Å². The smallest absolute Gasteiger partial charge is 0.343 e. The molecule has 0 saturated carbocycles. The number of hydrogen-bond donors (Lipinski definition) is 2. The number of alkyl halides is 3. The van der Waals surface area contributed by atoms with Crippen LogP contribution in [0.4, 0.5) is 24.1 Å². The molecule has 1 amide bonds. The maximum Gasteiger partial charge on any atom is 0.433 e. The third kappa shape index (κ3) is 4.48. The van der Waals surface area contributed by atoms with Gasteiger partial charge in [-0.25, -0.2) is 19.9 Å². The Morgan fingerprint density at radius 3 is 2.77 bits per heavy atom. The van der Waals surface area contributed by atoms with E-state index in [9.17, 15) is 18.0 Å². The van der Waals surface area contributed by atoms with E-state index < -0.39 is 11.9 Å². The minimum atomic E-state index is -4.53. The predicted molar refractivity (Wildman–Crippen MR) is 109 cm³/mol. The summed E-state index contributed by atoms with van der Waals surface area (Å²) in [6.07, 6.45) is 0.188. The van der Waals surface area contributed by atoms with Gasteiger partial charge in [0.15, 0.2) is 5.13 Å². The maximum atomic E-state index is 12.8. The molecule has 2 N–H and O–H groups in total. The number of fused-ring (bicyclic) bond motifs is 1. The SMILES string of the molecule is CC(NC(=O)c1cc2c(cn1)ncn2C)c1cnc(Nc2cccc(C(F)(F)F)n2)s1. The van der Waals surface area contributed by atoms with E-state index >= 15 is 0 Å². The first kappa shape index (κ1) is 20.7. The Bertz CT molecular complexity index is 1250. The number of nitrogens with zero attached hydrogens (tertiary/aromatic N) is 5. The van der Waals surface area contributed by atoms with Crippen molar-refractivity contribution in [2.45, 2.75) is 19.1 Å². The summed E-state index contributed by atoms with van der Waals surface area (Å²) < 4.78 is 40.2. The molecule has 4 rings (SSSR count). The molecule has 0 radical (unpaired) electrons. The number of pyridine rings is 2. The van der Waals surface area contributed by atoms with Crippen molar-refractivity contribution < 1.29 is 18.0 Å². The number of carbonyl (C=O) groups excluding carboxylic acids is 1. The van der Waals surface area contributed by atoms with Gasteiger partial charge in [0.25, 0.3) is 5.91 Å². The second-order valence-corrected chi connectivity index (χ2v) is 7.77. The number of aryl methyl sites for hydroxylation is 1. The number of nitrogens with one attached hydrogen (secondary N) is 2. The van der Waals surface area contributed by atoms with Crippen molar-refractivity contribution in [3.05, 3.63) is 59.3 Å². The summed E-state index contributed by atoms with van der Waals surface area (Å²) in [6.45, 7) is 1.78. The molecule has 0 aliphatic carbocycles. The van der Waals surface area contributed by atoms with Gasteiger partial charge in [0.2, 0.25) is 0 Å². The number of carbonyl (C=O) groups is 1. The number of hydrogen-bond acceptors (Lipinski definition) is 7. The number of rotatable bonds is 5. The summed E-state index contributed by atoms with van der Waals surface area (Å²) in [4.78, 5) is 29.3. The fourth-order valence-corrected chi connectivity index (χ4v) is 3.64. The fraction of sp³-hybridized carbons (Fsp3) is 0.211. The predicted octanol–water partition coefficient (Wildman–Crippen LogP) is 4.07. The Morgan fingerprint density at radius 2 is 2.00 bits per heavy atom. The number of imidazole rings is 1. The third-order valence-electron chi connectivity index (χ3n) is 4.42. The topological polar surface area (TPSA) is 97.6 Å². The number of anilines is 2. The summed E-state index contributed by atoms with van der Waals surface area (Å²) in [5.41, 5.74) is 0.728. The van der Waals surface area contributed by atoms with Crippen LogP contribution in [0.15, 0.2) is 43.0 Å². The number of thiazole rings is 1. The Balaban J connectivity index is 1.44. The minimum absolute atomic E-state index is 0.0288. The highest BCUT2D eigenvalue weighted by Gasteiger charge is 2.32. The average Bonchev–Trinajstić information content (AvgIpc) is 3.34. The molecule has 1 atom stereocenters. The van der Waals surface area contributed by atoms with Crippen LogP contribution in [-0.4, -0.2) is 30.4 Å². The van der Waals surface area contributed by atoms with Gasteiger partial charge >= 0.3 is 6.18 Å². The van der Waals surface area contributed by atoms with Crippen LogP contribution in [0.5, 0.6) is 0 Å². The number of halogens is 3. The molecule has 31 heavy (non-hydrogen) atoms. The Kier molecular flexibility index (Phi) is 5.31. The van der Waals surface area contributed by atoms with Crippen molar-refractivity contribution in [3.63, 3.8) is 0 Å². The summed E-state index contributed by atoms with van der Waals surface area (Å²) in [5.74, 6) is -0.334. The standard InChI is InChI=1S/C19H16F3N7OS/c1-10(26-17(30)11-6-13-12(7-23-11)25-9-29(13)2)14-8-24-18(31-14)28-16-5-3-4-15(27-16)19(20,21)22/h3-10H,1-2H3,(H,26,30)(H,24,27,28). The van der Waals surface area contributed by atoms with Gasteiger partial charge < -0.3 is 15.2 Å². The Morgan fingerprint density at radius 1 is 1.19 bits per heavy atom. The quantitative estimate of drug-likeness (QED) is 0.479. The zero-order valence-electron chi connectivity index (χ0n) is 16.3. The Labute approximate surface area is 178 Å². The molecule has 0 aromatic carbocycles. The number of amides is 1. The van der Waals surface area contributed by atoms with Gasteiger partial charge in [0.1, 0.15) is 22.7 Å². The van der Waals surface area contributed by atoms with Crippen molar-refractivity contribution in [2.24, 2.45) is 7.05 Å². The molecule has 0 aliphatic heterocycles. The molecule has 4 aromatic rings. The third-order valence-corrected chi connectivity index (χ3v) is 5.51. The van der Waals surface area contributed by atoms with E-state index in [1.54, 1.807) is 30.1 Å². The van der Waals surface area contributed by atoms with Gasteiger partial charge in [0.05, 0.1) is 24.1 Å². The van der Waals surface area contributed by atoms with E-state index in [4.69, 9.17) is 0 Å². The average molecular weight is 447 g/mol. The van der Waals surface area contributed by atoms with Crippen molar-refractivity contribution in [1.29, 1.82) is 0 Å². The highest BCUT2D eigenvalue weighted by atomic mass is 32.1. The molecule has 8 nitrogen and oxygen atoms in total. The molecule has 12 heteroatoms. The van der Waals surface area contributed by atoms with Gasteiger partial charge in [-0.15, -0.1) is 0 Å². The fourth-order valence-electron chi connectivity index (χ4n) is 2.81. The van der Waals surface area contributed by atoms with Crippen LogP contribution >= 0.6 is 11.3 Å². The van der Waals surface area contributed by atoms with E-state index in [-0.39, 0.29) is 23.5 Å². The van der Waals surface area contributed by atoms with Crippen LogP contribution in [0.1, 0.15) is 34.0 Å². The summed E-state index contributed by atoms with van der Waals surface area (Å²) >= 11 is 1.20. The Hall–Kier alpha value is -3.54. The van der Waals surface area contributed by atoms with Crippen LogP contribution in [0.25, 0.3) is 11.0 Å². The molecule has 0 fully saturated rings. The van der Waals surface area contributed by atoms with E-state index in [0.29, 0.717) is 15.5 Å². The monoisotopic (exact) mass is 447 g/mol. The second-order valence-electron chi connectivity index (χ2n) is 6.71. The van der Waals surface area contributed by atoms with Crippen LogP contribution in [0, 0.1) is 0 Å². The van der Waals surface area contributed by atoms with Crippen LogP contribution < -0.4 is 10.6 Å². The van der Waals surface area contributed by atoms with E-state index in [2.05, 4.69) is 30.6 Å². The molecule has 1 unspecified atom stereocenters. The van der Waals surface area contributed by atoms with Crippen LogP contribution in [-0.2, 0) is 13.2 Å². The maximum absolute atomic E-state index is 12.8. The lowest BCUT2D eigenvalue weighted by Crippen LogP contribution is -2.26. The summed E-state index contributed by atoms with van der Waals surface area (Å²) in [7, 11) is 1.82. The lowest BCUT2D eigenvalue weighted by Gasteiger charge is -2.11. The summed E-state index contributed by atoms with van der Waals surface area (Å²) in [5, 5.41) is 5.96. The number of aromatic nitrogens is 5. The minimum Gasteiger partial charge on any atom is -0.343 e. The van der Waals surface area contributed by atoms with E-state index in [0.717, 1.165) is 11.6 Å². The normalized spacial score (nSPS) is 12.7. The first-order valence-corrected chi connectivity index (χ1v) is 9.87. The van der Waals surface area contributed by atoms with Gasteiger partial charge in [0, 0.05) is 18.1 Å². The van der Waals surface area contributed by atoms with Crippen molar-refractivity contribution in [3.8, 4) is 0 Å². The lowest BCUT2D eigenvalue weighted by atomic mass is 10.2. The first-order valence-electron chi connectivity index (χ1n) is 9.05. The highest BCUT2D eigenvalue weighted by molar-refractivity contribution is 7.15. The van der Waals surface area contributed by atoms with Gasteiger partial charge in [-0.1, -0.05) is 17.4 Å². The van der Waals surface area contributed by atoms with Crippen molar-refractivity contribution in [1.82, 2.24) is 29.8 Å². The zero-order chi connectivity index (χ0) is 22.2. The van der Waals surface area contributed by atoms with Gasteiger partial charge in [-0.3, -0.25) is 4.79 Å². The van der Waals surface area contributed by atoms with Crippen LogP contribution in [0.2, 0.25) is 0 Å². The van der Waals surface area contributed by atoms with Gasteiger partial charge in [-0.2, -0.15) is 13.2 Å². The molecule has 160 valence electrons. The van der Waals surface area contributed by atoms with Gasteiger partial charge in [-0.05, 0) is 25.1 Å². The molecule has 0 saturated heterocycles. The molecular weight excluding hydrogens is 431 g/mol. The van der Waals surface area contributed by atoms with E-state index in [1.165, 1.54) is 29.7 Å². The first-order chi connectivity index (χ1) is 14.7. The largest absolute Gasteiger partial charge is 0.433 e. The second kappa shape index (κ2) is 7.95. The zero-order valence-corrected chi connectivity index (χ0v) is 17.1. The van der Waals surface area contributed by atoms with E-state index in [1.807, 2.05) is 7.05 Å². The highest BCUT2D eigenvalue weighted by Crippen LogP contribution is 2.30. The molecular formula is C19H16F3N7OS. The van der Waals surface area contributed by atoms with Crippen molar-refractivity contribution >= 4 is 39.2 Å².